The van der Waals surface area contributed by atoms with Crippen LogP contribution in [0.25, 0.3) is 0 Å². The minimum Gasteiger partial charge on any atom is -0.359 e. The molecule has 0 aromatic heterocycles. The van der Waals surface area contributed by atoms with Crippen LogP contribution in [0.1, 0.15) is 13.8 Å². The molecule has 0 spiro atoms. The molecule has 0 aromatic carbocycles. The van der Waals surface area contributed by atoms with E-state index in [2.05, 4.69) is 0 Å². The molecule has 0 unspecified atom stereocenters. The molecule has 1 heterocycles. The van der Waals surface area contributed by atoms with Gasteiger partial charge in [-0.1, -0.05) is 0 Å². The molecular formula is C9H19NO4. The summed E-state index contributed by atoms with van der Waals surface area (Å²) in [6, 6.07) is -0.174. The molecule has 2 N–H and O–H groups in total. The Morgan fingerprint density at radius 1 is 1.57 bits per heavy atom. The van der Waals surface area contributed by atoms with E-state index in [4.69, 9.17) is 24.7 Å². The smallest absolute Gasteiger partial charge is 0.163 e. The van der Waals surface area contributed by atoms with Crippen LogP contribution in [-0.4, -0.2) is 45.0 Å². The molecule has 14 heavy (non-hydrogen) atoms. The van der Waals surface area contributed by atoms with Gasteiger partial charge in [-0.2, -0.15) is 0 Å². The van der Waals surface area contributed by atoms with Crippen molar-refractivity contribution in [1.29, 1.82) is 0 Å². The van der Waals surface area contributed by atoms with Crippen molar-refractivity contribution in [3.05, 3.63) is 0 Å². The molecule has 1 aliphatic rings. The Kier molecular flexibility index (Phi) is 4.28. The lowest BCUT2D eigenvalue weighted by Crippen LogP contribution is -2.41. The molecule has 1 fully saturated rings. The van der Waals surface area contributed by atoms with E-state index in [0.717, 1.165) is 0 Å². The van der Waals surface area contributed by atoms with Gasteiger partial charge < -0.3 is 24.7 Å². The molecule has 84 valence electrons. The third-order valence-corrected chi connectivity index (χ3v) is 2.02. The summed E-state index contributed by atoms with van der Waals surface area (Å²) in [5.74, 6) is -0.524. The Hall–Kier alpha value is -0.200. The van der Waals surface area contributed by atoms with Gasteiger partial charge in [0.25, 0.3) is 0 Å². The van der Waals surface area contributed by atoms with Crippen LogP contribution in [0.2, 0.25) is 0 Å². The summed E-state index contributed by atoms with van der Waals surface area (Å²) in [5.41, 5.74) is 5.86. The normalized spacial score (nSPS) is 27.9. The van der Waals surface area contributed by atoms with E-state index in [1.54, 1.807) is 7.11 Å². The molecule has 0 aromatic rings. The van der Waals surface area contributed by atoms with Gasteiger partial charge in [-0.25, -0.2) is 0 Å². The molecule has 0 saturated carbocycles. The quantitative estimate of drug-likeness (QED) is 0.509. The van der Waals surface area contributed by atoms with Crippen molar-refractivity contribution in [2.45, 2.75) is 31.8 Å². The fourth-order valence-electron chi connectivity index (χ4n) is 1.30. The van der Waals surface area contributed by atoms with E-state index in [9.17, 15) is 0 Å². The van der Waals surface area contributed by atoms with Crippen molar-refractivity contribution in [3.63, 3.8) is 0 Å². The zero-order valence-electron chi connectivity index (χ0n) is 8.99. The lowest BCUT2D eigenvalue weighted by molar-refractivity contribution is -0.143. The third-order valence-electron chi connectivity index (χ3n) is 2.02. The van der Waals surface area contributed by atoms with Crippen LogP contribution in [0, 0.1) is 0 Å². The van der Waals surface area contributed by atoms with Crippen molar-refractivity contribution < 1.29 is 18.9 Å². The van der Waals surface area contributed by atoms with Crippen molar-refractivity contribution >= 4 is 0 Å². The van der Waals surface area contributed by atoms with Crippen molar-refractivity contribution in [2.24, 2.45) is 5.73 Å². The van der Waals surface area contributed by atoms with E-state index in [1.807, 2.05) is 13.8 Å². The summed E-state index contributed by atoms with van der Waals surface area (Å²) in [6.45, 7) is 4.93. The number of nitrogens with two attached hydrogens (primary N) is 1. The number of hydrogen-bond donors (Lipinski definition) is 1. The molecule has 2 atom stereocenters. The van der Waals surface area contributed by atoms with Crippen molar-refractivity contribution in [2.75, 3.05) is 27.1 Å². The minimum atomic E-state index is -0.524. The molecule has 5 nitrogen and oxygen atoms in total. The average molecular weight is 205 g/mol. The second-order valence-electron chi connectivity index (χ2n) is 3.81. The van der Waals surface area contributed by atoms with Gasteiger partial charge in [0.1, 0.15) is 12.9 Å². The van der Waals surface area contributed by atoms with Gasteiger partial charge in [0.15, 0.2) is 5.79 Å². The van der Waals surface area contributed by atoms with Gasteiger partial charge in [-0.3, -0.25) is 0 Å². The zero-order valence-corrected chi connectivity index (χ0v) is 8.99. The highest BCUT2D eigenvalue weighted by atomic mass is 16.7. The van der Waals surface area contributed by atoms with E-state index in [1.165, 1.54) is 0 Å². The largest absolute Gasteiger partial charge is 0.359 e. The van der Waals surface area contributed by atoms with Crippen LogP contribution in [0.15, 0.2) is 0 Å². The topological polar surface area (TPSA) is 62.9 Å². The summed E-state index contributed by atoms with van der Waals surface area (Å²) in [7, 11) is 1.57. The number of methoxy groups -OCH3 is 1. The molecule has 1 saturated heterocycles. The lowest BCUT2D eigenvalue weighted by Gasteiger charge is -2.20. The Morgan fingerprint density at radius 2 is 2.29 bits per heavy atom. The van der Waals surface area contributed by atoms with Gasteiger partial charge in [0.2, 0.25) is 0 Å². The summed E-state index contributed by atoms with van der Waals surface area (Å²) in [6.07, 6.45) is -0.0955. The highest BCUT2D eigenvalue weighted by Crippen LogP contribution is 2.23. The SMILES string of the molecule is COCOC[C@H](N)[C@H]1COC(C)(C)O1. The van der Waals surface area contributed by atoms with Gasteiger partial charge in [-0.05, 0) is 13.8 Å². The monoisotopic (exact) mass is 205 g/mol. The van der Waals surface area contributed by atoms with Crippen molar-refractivity contribution in [1.82, 2.24) is 0 Å². The molecule has 5 heteroatoms. The molecule has 0 amide bonds. The Bertz CT molecular complexity index is 174. The predicted octanol–water partition coefficient (Wildman–Crippen LogP) is 0.0857. The van der Waals surface area contributed by atoms with Crippen LogP contribution < -0.4 is 5.73 Å². The molecule has 1 aliphatic heterocycles. The first-order chi connectivity index (χ1) is 6.55. The maximum Gasteiger partial charge on any atom is 0.163 e. The number of rotatable bonds is 5. The van der Waals surface area contributed by atoms with Crippen LogP contribution in [-0.2, 0) is 18.9 Å². The molecule has 0 aliphatic carbocycles. The fourth-order valence-corrected chi connectivity index (χ4v) is 1.30. The molecular weight excluding hydrogens is 186 g/mol. The summed E-state index contributed by atoms with van der Waals surface area (Å²) >= 11 is 0. The standard InChI is InChI=1S/C9H19NO4/c1-9(2)13-5-8(14-9)7(10)4-12-6-11-3/h7-8H,4-6,10H2,1-3H3/t7-,8+/m0/s1. The maximum atomic E-state index is 5.86. The van der Waals surface area contributed by atoms with Crippen LogP contribution in [0.4, 0.5) is 0 Å². The second kappa shape index (κ2) is 5.04. The first-order valence-electron chi connectivity index (χ1n) is 4.69. The lowest BCUT2D eigenvalue weighted by atomic mass is 10.2. The van der Waals surface area contributed by atoms with Gasteiger partial charge in [-0.15, -0.1) is 0 Å². The number of ether oxygens (including phenoxy) is 4. The molecule has 1 rings (SSSR count). The van der Waals surface area contributed by atoms with Crippen LogP contribution in [0.3, 0.4) is 0 Å². The zero-order chi connectivity index (χ0) is 10.6. The van der Waals surface area contributed by atoms with E-state index >= 15 is 0 Å². The highest BCUT2D eigenvalue weighted by Gasteiger charge is 2.35. The van der Waals surface area contributed by atoms with Gasteiger partial charge in [0.05, 0.1) is 19.3 Å². The summed E-state index contributed by atoms with van der Waals surface area (Å²) in [5, 5.41) is 0. The van der Waals surface area contributed by atoms with Crippen LogP contribution >= 0.6 is 0 Å². The Labute approximate surface area is 84.4 Å². The summed E-state index contributed by atoms with van der Waals surface area (Å²) < 4.78 is 20.9. The van der Waals surface area contributed by atoms with Crippen molar-refractivity contribution in [3.8, 4) is 0 Å². The Morgan fingerprint density at radius 3 is 2.79 bits per heavy atom. The first kappa shape index (κ1) is 11.9. The second-order valence-corrected chi connectivity index (χ2v) is 3.81. The minimum absolute atomic E-state index is 0.0955. The fraction of sp³-hybridized carbons (Fsp3) is 1.00. The van der Waals surface area contributed by atoms with E-state index in [0.29, 0.717) is 13.2 Å². The first-order valence-corrected chi connectivity index (χ1v) is 4.69. The predicted molar refractivity (Wildman–Crippen MR) is 50.7 cm³/mol. The Balaban J connectivity index is 2.22. The maximum absolute atomic E-state index is 5.86. The average Bonchev–Trinajstić information content (AvgIpc) is 2.46. The summed E-state index contributed by atoms with van der Waals surface area (Å²) in [4.78, 5) is 0. The van der Waals surface area contributed by atoms with E-state index < -0.39 is 5.79 Å². The van der Waals surface area contributed by atoms with Gasteiger partial charge >= 0.3 is 0 Å². The third kappa shape index (κ3) is 3.51. The van der Waals surface area contributed by atoms with E-state index in [-0.39, 0.29) is 18.9 Å². The molecule has 0 radical (unpaired) electrons. The molecule has 0 bridgehead atoms. The van der Waals surface area contributed by atoms with Gasteiger partial charge in [0, 0.05) is 7.11 Å². The van der Waals surface area contributed by atoms with Crippen LogP contribution in [0.5, 0.6) is 0 Å². The number of hydrogen-bond acceptors (Lipinski definition) is 5. The highest BCUT2D eigenvalue weighted by molar-refractivity contribution is 4.80.